The highest BCUT2D eigenvalue weighted by molar-refractivity contribution is 7.91. The van der Waals surface area contributed by atoms with Gasteiger partial charge in [-0.2, -0.15) is 0 Å². The van der Waals surface area contributed by atoms with E-state index in [0.717, 1.165) is 4.31 Å². The second kappa shape index (κ2) is 6.95. The second-order valence-corrected chi connectivity index (χ2v) is 10.7. The molecule has 0 spiro atoms. The molecule has 0 radical (unpaired) electrons. The zero-order valence-electron chi connectivity index (χ0n) is 13.8. The highest BCUT2D eigenvalue weighted by Gasteiger charge is 2.31. The molecular formula is C14H21N3O4S3. The third kappa shape index (κ3) is 4.24. The van der Waals surface area contributed by atoms with E-state index in [9.17, 15) is 16.8 Å². The maximum Gasteiger partial charge on any atom is 0.242 e. The third-order valence-corrected chi connectivity index (χ3v) is 7.89. The second-order valence-electron chi connectivity index (χ2n) is 5.91. The Bertz CT molecular complexity index is 835. The van der Waals surface area contributed by atoms with Gasteiger partial charge in [0.15, 0.2) is 14.9 Å². The van der Waals surface area contributed by atoms with Gasteiger partial charge in [-0.25, -0.2) is 21.1 Å². The summed E-state index contributed by atoms with van der Waals surface area (Å²) in [7, 11) is -1.86. The van der Waals surface area contributed by atoms with Crippen LogP contribution in [-0.4, -0.2) is 69.8 Å². The molecule has 1 fully saturated rings. The number of hydrogen-bond donors (Lipinski definition) is 1. The molecule has 0 aromatic heterocycles. The van der Waals surface area contributed by atoms with Crippen LogP contribution >= 0.6 is 12.2 Å². The van der Waals surface area contributed by atoms with Crippen molar-refractivity contribution >= 4 is 42.9 Å². The Kier molecular flexibility index (Phi) is 5.53. The average Bonchev–Trinajstić information content (AvgIpc) is 2.86. The fourth-order valence-corrected chi connectivity index (χ4v) is 5.39. The van der Waals surface area contributed by atoms with E-state index in [1.165, 1.54) is 26.2 Å². The standard InChI is InChI=1S/C14H21N3O4S3/c1-16(2)24(20,21)13-6-4-5-11(9-13)15-14(22)17(3)12-7-8-23(18,19)10-12/h4-6,9,12H,7-8,10H2,1-3H3,(H,15,22)/t12-/m1/s1. The molecule has 24 heavy (non-hydrogen) atoms. The van der Waals surface area contributed by atoms with Gasteiger partial charge < -0.3 is 10.2 Å². The molecule has 1 aliphatic heterocycles. The lowest BCUT2D eigenvalue weighted by molar-refractivity contribution is 0.402. The van der Waals surface area contributed by atoms with Crippen molar-refractivity contribution in [2.45, 2.75) is 17.4 Å². The van der Waals surface area contributed by atoms with E-state index in [1.54, 1.807) is 24.1 Å². The molecule has 1 aromatic carbocycles. The van der Waals surface area contributed by atoms with Gasteiger partial charge in [0.1, 0.15) is 0 Å². The lowest BCUT2D eigenvalue weighted by atomic mass is 10.2. The Balaban J connectivity index is 2.13. The zero-order chi connectivity index (χ0) is 18.1. The van der Waals surface area contributed by atoms with E-state index < -0.39 is 19.9 Å². The lowest BCUT2D eigenvalue weighted by Gasteiger charge is -2.26. The van der Waals surface area contributed by atoms with Crippen LogP contribution in [0.4, 0.5) is 5.69 Å². The third-order valence-electron chi connectivity index (χ3n) is 3.94. The number of hydrogen-bond acceptors (Lipinski definition) is 5. The first-order valence-corrected chi connectivity index (χ1v) is 11.0. The van der Waals surface area contributed by atoms with E-state index in [-0.39, 0.29) is 22.4 Å². The van der Waals surface area contributed by atoms with Crippen LogP contribution in [0.15, 0.2) is 29.2 Å². The van der Waals surface area contributed by atoms with Crippen LogP contribution in [0.5, 0.6) is 0 Å². The van der Waals surface area contributed by atoms with Crippen LogP contribution in [0.2, 0.25) is 0 Å². The molecule has 0 bridgehead atoms. The van der Waals surface area contributed by atoms with Crippen LogP contribution in [0.25, 0.3) is 0 Å². The first kappa shape index (κ1) is 19.1. The molecule has 7 nitrogen and oxygen atoms in total. The molecule has 1 N–H and O–H groups in total. The molecule has 10 heteroatoms. The molecule has 0 saturated carbocycles. The van der Waals surface area contributed by atoms with E-state index in [2.05, 4.69) is 5.32 Å². The number of nitrogens with zero attached hydrogens (tertiary/aromatic N) is 2. The van der Waals surface area contributed by atoms with Gasteiger partial charge in [-0.1, -0.05) is 6.07 Å². The van der Waals surface area contributed by atoms with Gasteiger partial charge in [-0.3, -0.25) is 0 Å². The molecule has 1 atom stereocenters. The molecule has 2 rings (SSSR count). The number of sulfone groups is 1. The Hall–Kier alpha value is -1.23. The Morgan fingerprint density at radius 2 is 1.96 bits per heavy atom. The van der Waals surface area contributed by atoms with Gasteiger partial charge in [-0.15, -0.1) is 0 Å². The smallest absolute Gasteiger partial charge is 0.242 e. The summed E-state index contributed by atoms with van der Waals surface area (Å²) in [4.78, 5) is 1.87. The van der Waals surface area contributed by atoms with E-state index >= 15 is 0 Å². The fraction of sp³-hybridized carbons (Fsp3) is 0.500. The van der Waals surface area contributed by atoms with Crippen molar-refractivity contribution in [3.05, 3.63) is 24.3 Å². The molecule has 1 saturated heterocycles. The normalized spacial score (nSPS) is 20.1. The molecule has 1 aliphatic rings. The van der Waals surface area contributed by atoms with Gasteiger partial charge >= 0.3 is 0 Å². The maximum atomic E-state index is 12.2. The SMILES string of the molecule is CN(C(=S)Nc1cccc(S(=O)(=O)N(C)C)c1)[C@@H]1CCS(=O)(=O)C1. The fourth-order valence-electron chi connectivity index (χ4n) is 2.40. The summed E-state index contributed by atoms with van der Waals surface area (Å²) in [6, 6.07) is 6.18. The van der Waals surface area contributed by atoms with Crippen molar-refractivity contribution in [3.8, 4) is 0 Å². The van der Waals surface area contributed by atoms with Crippen molar-refractivity contribution in [2.75, 3.05) is 38.0 Å². The van der Waals surface area contributed by atoms with Gasteiger partial charge in [0, 0.05) is 32.9 Å². The summed E-state index contributed by atoms with van der Waals surface area (Å²) in [5.74, 6) is 0.252. The summed E-state index contributed by atoms with van der Waals surface area (Å²) in [6.07, 6.45) is 0.537. The molecule has 0 aliphatic carbocycles. The summed E-state index contributed by atoms with van der Waals surface area (Å²) in [5, 5.41) is 3.33. The van der Waals surface area contributed by atoms with Gasteiger partial charge in [0.25, 0.3) is 0 Å². The molecule has 0 amide bonds. The van der Waals surface area contributed by atoms with Gasteiger partial charge in [0.05, 0.1) is 16.4 Å². The minimum atomic E-state index is -3.53. The Labute approximate surface area is 148 Å². The van der Waals surface area contributed by atoms with Crippen LogP contribution in [-0.2, 0) is 19.9 Å². The highest BCUT2D eigenvalue weighted by Crippen LogP contribution is 2.20. The van der Waals surface area contributed by atoms with Crippen molar-refractivity contribution in [3.63, 3.8) is 0 Å². The summed E-state index contributed by atoms with van der Waals surface area (Å²) in [5.41, 5.74) is 0.538. The van der Waals surface area contributed by atoms with Crippen LogP contribution in [0.1, 0.15) is 6.42 Å². The van der Waals surface area contributed by atoms with E-state index in [4.69, 9.17) is 12.2 Å². The Morgan fingerprint density at radius 3 is 2.50 bits per heavy atom. The number of anilines is 1. The number of rotatable bonds is 4. The minimum Gasteiger partial charge on any atom is -0.348 e. The topological polar surface area (TPSA) is 86.8 Å². The number of sulfonamides is 1. The van der Waals surface area contributed by atoms with Crippen LogP contribution in [0, 0.1) is 0 Å². The van der Waals surface area contributed by atoms with Crippen molar-refractivity contribution in [1.82, 2.24) is 9.21 Å². The largest absolute Gasteiger partial charge is 0.348 e. The van der Waals surface area contributed by atoms with Crippen LogP contribution in [0.3, 0.4) is 0 Å². The molecule has 1 heterocycles. The van der Waals surface area contributed by atoms with Crippen molar-refractivity contribution in [2.24, 2.45) is 0 Å². The predicted octanol–water partition coefficient (Wildman–Crippen LogP) is 0.753. The van der Waals surface area contributed by atoms with Crippen molar-refractivity contribution < 1.29 is 16.8 Å². The van der Waals surface area contributed by atoms with Gasteiger partial charge in [-0.05, 0) is 36.8 Å². The van der Waals surface area contributed by atoms with Crippen molar-refractivity contribution in [1.29, 1.82) is 0 Å². The maximum absolute atomic E-state index is 12.2. The predicted molar refractivity (Wildman–Crippen MR) is 98.4 cm³/mol. The average molecular weight is 392 g/mol. The highest BCUT2D eigenvalue weighted by atomic mass is 32.2. The summed E-state index contributed by atoms with van der Waals surface area (Å²) < 4.78 is 48.7. The first-order valence-electron chi connectivity index (χ1n) is 7.30. The molecule has 0 unspecified atom stereocenters. The lowest BCUT2D eigenvalue weighted by Crippen LogP contribution is -2.40. The van der Waals surface area contributed by atoms with Crippen LogP contribution < -0.4 is 5.32 Å². The van der Waals surface area contributed by atoms with Gasteiger partial charge in [0.2, 0.25) is 10.0 Å². The summed E-state index contributed by atoms with van der Waals surface area (Å²) >= 11 is 5.32. The minimum absolute atomic E-state index is 0.0837. The summed E-state index contributed by atoms with van der Waals surface area (Å²) in [6.45, 7) is 0. The monoisotopic (exact) mass is 391 g/mol. The number of nitrogens with one attached hydrogen (secondary N) is 1. The van der Waals surface area contributed by atoms with E-state index in [1.807, 2.05) is 0 Å². The van der Waals surface area contributed by atoms with E-state index in [0.29, 0.717) is 17.2 Å². The zero-order valence-corrected chi connectivity index (χ0v) is 16.2. The first-order chi connectivity index (χ1) is 11.0. The Morgan fingerprint density at radius 1 is 1.29 bits per heavy atom. The number of benzene rings is 1. The molecule has 1 aromatic rings. The number of thiocarbonyl (C=S) groups is 1. The molecule has 134 valence electrons. The molecular weight excluding hydrogens is 370 g/mol. The quantitative estimate of drug-likeness (QED) is 0.758.